The van der Waals surface area contributed by atoms with Crippen LogP contribution in [-0.4, -0.2) is 25.0 Å². The van der Waals surface area contributed by atoms with Crippen molar-refractivity contribution < 1.29 is 9.18 Å². The number of amides is 1. The lowest BCUT2D eigenvalue weighted by Gasteiger charge is -2.27. The van der Waals surface area contributed by atoms with Crippen molar-refractivity contribution in [2.45, 2.75) is 51.0 Å². The fourth-order valence-electron chi connectivity index (χ4n) is 3.26. The molecule has 1 aromatic carbocycles. The van der Waals surface area contributed by atoms with Crippen LogP contribution in [0.15, 0.2) is 12.1 Å². The van der Waals surface area contributed by atoms with Gasteiger partial charge in [-0.15, -0.1) is 0 Å². The molecule has 4 heteroatoms. The molecule has 1 aliphatic carbocycles. The van der Waals surface area contributed by atoms with Crippen molar-refractivity contribution in [2.24, 2.45) is 0 Å². The largest absolute Gasteiger partial charge is 0.349 e. The summed E-state index contributed by atoms with van der Waals surface area (Å²) in [5.74, 6) is -0.227. The van der Waals surface area contributed by atoms with E-state index in [1.165, 1.54) is 0 Å². The van der Waals surface area contributed by atoms with Gasteiger partial charge in [0, 0.05) is 6.04 Å². The van der Waals surface area contributed by atoms with E-state index in [1.54, 1.807) is 6.07 Å². The van der Waals surface area contributed by atoms with Crippen molar-refractivity contribution in [3.05, 3.63) is 34.6 Å². The summed E-state index contributed by atoms with van der Waals surface area (Å²) in [6.45, 7) is 3.80. The van der Waals surface area contributed by atoms with E-state index in [0.29, 0.717) is 5.92 Å². The van der Waals surface area contributed by atoms with Gasteiger partial charge >= 0.3 is 0 Å². The number of nitrogens with one attached hydrogen (secondary N) is 2. The van der Waals surface area contributed by atoms with Crippen molar-refractivity contribution in [3.8, 4) is 0 Å². The van der Waals surface area contributed by atoms with Gasteiger partial charge in [0.2, 0.25) is 0 Å². The fourth-order valence-corrected chi connectivity index (χ4v) is 3.26. The lowest BCUT2D eigenvalue weighted by molar-refractivity contribution is 0.0912. The molecule has 21 heavy (non-hydrogen) atoms. The number of carbonyl (C=O) groups excluding carboxylic acids is 1. The summed E-state index contributed by atoms with van der Waals surface area (Å²) in [7, 11) is 0. The third kappa shape index (κ3) is 3.10. The molecule has 1 saturated heterocycles. The van der Waals surface area contributed by atoms with Gasteiger partial charge in [-0.05, 0) is 75.2 Å². The van der Waals surface area contributed by atoms with Gasteiger partial charge in [-0.3, -0.25) is 4.79 Å². The third-order valence-electron chi connectivity index (χ3n) is 4.79. The quantitative estimate of drug-likeness (QED) is 0.898. The lowest BCUT2D eigenvalue weighted by atomic mass is 9.88. The number of rotatable bonds is 3. The Morgan fingerprint density at radius 3 is 2.52 bits per heavy atom. The van der Waals surface area contributed by atoms with Crippen LogP contribution < -0.4 is 10.6 Å². The molecule has 2 fully saturated rings. The maximum Gasteiger partial charge on any atom is 0.254 e. The van der Waals surface area contributed by atoms with Crippen molar-refractivity contribution in [1.29, 1.82) is 0 Å². The normalized spacial score (nSPS) is 20.1. The molecule has 3 nitrogen and oxygen atoms in total. The summed E-state index contributed by atoms with van der Waals surface area (Å²) in [5, 5.41) is 6.24. The summed E-state index contributed by atoms with van der Waals surface area (Å²) in [4.78, 5) is 12.2. The van der Waals surface area contributed by atoms with E-state index in [1.807, 2.05) is 13.0 Å². The van der Waals surface area contributed by atoms with Crippen LogP contribution in [-0.2, 0) is 0 Å². The van der Waals surface area contributed by atoms with Gasteiger partial charge in [0.1, 0.15) is 5.82 Å². The molecular formula is C17H23FN2O. The SMILES string of the molecule is Cc1cc(C2CCNCC2)cc(F)c1C(=O)NC1CCC1. The van der Waals surface area contributed by atoms with E-state index in [-0.39, 0.29) is 23.3 Å². The van der Waals surface area contributed by atoms with Crippen molar-refractivity contribution in [2.75, 3.05) is 13.1 Å². The summed E-state index contributed by atoms with van der Waals surface area (Å²) < 4.78 is 14.4. The first kappa shape index (κ1) is 14.5. The number of benzene rings is 1. The maximum absolute atomic E-state index is 14.4. The van der Waals surface area contributed by atoms with Gasteiger partial charge in [0.05, 0.1) is 5.56 Å². The number of aryl methyl sites for hydroxylation is 1. The first-order chi connectivity index (χ1) is 10.1. The Balaban J connectivity index is 1.79. The van der Waals surface area contributed by atoms with Gasteiger partial charge in [0.15, 0.2) is 0 Å². The summed E-state index contributed by atoms with van der Waals surface area (Å²) >= 11 is 0. The van der Waals surface area contributed by atoms with Crippen LogP contribution in [0.5, 0.6) is 0 Å². The predicted molar refractivity (Wildman–Crippen MR) is 81.1 cm³/mol. The van der Waals surface area contributed by atoms with Crippen LogP contribution in [0.1, 0.15) is 59.5 Å². The van der Waals surface area contributed by atoms with Crippen molar-refractivity contribution in [1.82, 2.24) is 10.6 Å². The molecule has 1 saturated carbocycles. The van der Waals surface area contributed by atoms with Gasteiger partial charge in [0.25, 0.3) is 5.91 Å². The van der Waals surface area contributed by atoms with E-state index in [0.717, 1.165) is 56.3 Å². The molecule has 1 aromatic rings. The summed E-state index contributed by atoms with van der Waals surface area (Å²) in [5.41, 5.74) is 2.01. The molecule has 0 atom stereocenters. The number of hydrogen-bond acceptors (Lipinski definition) is 2. The Kier molecular flexibility index (Phi) is 4.24. The third-order valence-corrected chi connectivity index (χ3v) is 4.79. The minimum absolute atomic E-state index is 0.222. The number of hydrogen-bond donors (Lipinski definition) is 2. The molecule has 114 valence electrons. The monoisotopic (exact) mass is 290 g/mol. The molecule has 0 aromatic heterocycles. The van der Waals surface area contributed by atoms with Crippen LogP contribution >= 0.6 is 0 Å². The average Bonchev–Trinajstić information content (AvgIpc) is 2.43. The average molecular weight is 290 g/mol. The highest BCUT2D eigenvalue weighted by molar-refractivity contribution is 5.96. The van der Waals surface area contributed by atoms with E-state index < -0.39 is 0 Å². The number of carbonyl (C=O) groups is 1. The van der Waals surface area contributed by atoms with Gasteiger partial charge in [-0.25, -0.2) is 4.39 Å². The zero-order valence-corrected chi connectivity index (χ0v) is 12.5. The Bertz CT molecular complexity index is 511. The van der Waals surface area contributed by atoms with Crippen LogP contribution in [0.3, 0.4) is 0 Å². The fraction of sp³-hybridized carbons (Fsp3) is 0.588. The smallest absolute Gasteiger partial charge is 0.254 e. The first-order valence-corrected chi connectivity index (χ1v) is 7.97. The molecule has 2 aliphatic rings. The number of piperidine rings is 1. The topological polar surface area (TPSA) is 41.1 Å². The lowest BCUT2D eigenvalue weighted by Crippen LogP contribution is -2.40. The first-order valence-electron chi connectivity index (χ1n) is 7.97. The molecule has 2 N–H and O–H groups in total. The highest BCUT2D eigenvalue weighted by atomic mass is 19.1. The Morgan fingerprint density at radius 2 is 1.95 bits per heavy atom. The Labute approximate surface area is 125 Å². The Morgan fingerprint density at radius 1 is 1.24 bits per heavy atom. The predicted octanol–water partition coefficient (Wildman–Crippen LogP) is 2.88. The zero-order chi connectivity index (χ0) is 14.8. The second-order valence-electron chi connectivity index (χ2n) is 6.32. The molecule has 1 aliphatic heterocycles. The van der Waals surface area contributed by atoms with E-state index in [4.69, 9.17) is 0 Å². The summed E-state index contributed by atoms with van der Waals surface area (Å²) in [6, 6.07) is 3.80. The van der Waals surface area contributed by atoms with E-state index in [9.17, 15) is 9.18 Å². The molecular weight excluding hydrogens is 267 g/mol. The van der Waals surface area contributed by atoms with Crippen LogP contribution in [0.2, 0.25) is 0 Å². The van der Waals surface area contributed by atoms with Crippen LogP contribution in [0.4, 0.5) is 4.39 Å². The summed E-state index contributed by atoms with van der Waals surface area (Å²) in [6.07, 6.45) is 5.25. The van der Waals surface area contributed by atoms with Gasteiger partial charge < -0.3 is 10.6 Å². The van der Waals surface area contributed by atoms with Gasteiger partial charge in [-0.2, -0.15) is 0 Å². The highest BCUT2D eigenvalue weighted by Gasteiger charge is 2.24. The maximum atomic E-state index is 14.4. The van der Waals surface area contributed by atoms with Crippen molar-refractivity contribution >= 4 is 5.91 Å². The second kappa shape index (κ2) is 6.14. The standard InChI is InChI=1S/C17H23FN2O/c1-11-9-13(12-5-7-19-8-6-12)10-15(18)16(11)17(21)20-14-3-2-4-14/h9-10,12,14,19H,2-8H2,1H3,(H,20,21). The molecule has 1 heterocycles. The second-order valence-corrected chi connectivity index (χ2v) is 6.32. The van der Waals surface area contributed by atoms with Crippen LogP contribution in [0, 0.1) is 12.7 Å². The van der Waals surface area contributed by atoms with Crippen molar-refractivity contribution in [3.63, 3.8) is 0 Å². The minimum atomic E-state index is -0.375. The van der Waals surface area contributed by atoms with Gasteiger partial charge in [-0.1, -0.05) is 6.07 Å². The molecule has 0 spiro atoms. The van der Waals surface area contributed by atoms with E-state index >= 15 is 0 Å². The molecule has 3 rings (SSSR count). The molecule has 0 unspecified atom stereocenters. The minimum Gasteiger partial charge on any atom is -0.349 e. The highest BCUT2D eigenvalue weighted by Crippen LogP contribution is 2.28. The molecule has 1 amide bonds. The molecule has 0 radical (unpaired) electrons. The van der Waals surface area contributed by atoms with Crippen LogP contribution in [0.25, 0.3) is 0 Å². The zero-order valence-electron chi connectivity index (χ0n) is 12.5. The Hall–Kier alpha value is -1.42. The van der Waals surface area contributed by atoms with E-state index in [2.05, 4.69) is 10.6 Å². The number of halogens is 1. The molecule has 0 bridgehead atoms.